The lowest BCUT2D eigenvalue weighted by molar-refractivity contribution is 0.0827. The first-order chi connectivity index (χ1) is 16.0. The lowest BCUT2D eigenvalue weighted by Gasteiger charge is -2.13. The second kappa shape index (κ2) is 10.3. The van der Waals surface area contributed by atoms with E-state index >= 15 is 0 Å². The molecule has 3 aromatic rings. The van der Waals surface area contributed by atoms with Crippen LogP contribution in [0.4, 0.5) is 4.39 Å². The molecule has 1 N–H and O–H groups in total. The summed E-state index contributed by atoms with van der Waals surface area (Å²) in [5.41, 5.74) is 3.34. The standard InChI is InChI=1S/C24H28ClFN4O3S/c1-16-23(17-7-6-8-20(13-17)34(32,33)29(4)5)21-10-9-18(24(31)28(2)3)14-22(21)30(16)15-19(26)11-12-27-25/h6-11,13-14,27H,12,15H2,1-5H3/b19-11-. The number of nitrogens with one attached hydrogen (secondary N) is 1. The second-order valence-corrected chi connectivity index (χ2v) is 10.7. The van der Waals surface area contributed by atoms with Crippen LogP contribution in [0.5, 0.6) is 0 Å². The smallest absolute Gasteiger partial charge is 0.253 e. The molecule has 10 heteroatoms. The van der Waals surface area contributed by atoms with Crippen LogP contribution in [0.3, 0.4) is 0 Å². The molecule has 0 fully saturated rings. The molecular weight excluding hydrogens is 479 g/mol. The van der Waals surface area contributed by atoms with Crippen LogP contribution in [0, 0.1) is 6.92 Å². The van der Waals surface area contributed by atoms with Crippen LogP contribution in [-0.2, 0) is 16.6 Å². The van der Waals surface area contributed by atoms with Gasteiger partial charge in [0.2, 0.25) is 10.0 Å². The maximum absolute atomic E-state index is 14.7. The van der Waals surface area contributed by atoms with Gasteiger partial charge in [0, 0.05) is 56.9 Å². The number of benzene rings is 2. The maximum Gasteiger partial charge on any atom is 0.253 e. The van der Waals surface area contributed by atoms with Crippen LogP contribution in [0.25, 0.3) is 22.0 Å². The number of nitrogens with zero attached hydrogens (tertiary/aromatic N) is 3. The molecule has 0 aliphatic rings. The predicted octanol–water partition coefficient (Wildman–Crippen LogP) is 4.17. The Hall–Kier alpha value is -2.72. The number of hydrogen-bond acceptors (Lipinski definition) is 4. The van der Waals surface area contributed by atoms with Gasteiger partial charge in [-0.15, -0.1) is 0 Å². The van der Waals surface area contributed by atoms with E-state index in [0.717, 1.165) is 20.9 Å². The van der Waals surface area contributed by atoms with E-state index in [1.54, 1.807) is 49.0 Å². The van der Waals surface area contributed by atoms with Crippen LogP contribution in [0.15, 0.2) is 59.3 Å². The van der Waals surface area contributed by atoms with Crippen LogP contribution < -0.4 is 4.84 Å². The summed E-state index contributed by atoms with van der Waals surface area (Å²) in [6, 6.07) is 11.9. The minimum atomic E-state index is -3.64. The first kappa shape index (κ1) is 25.9. The molecule has 7 nitrogen and oxygen atoms in total. The number of rotatable bonds is 8. The highest BCUT2D eigenvalue weighted by molar-refractivity contribution is 7.89. The van der Waals surface area contributed by atoms with E-state index in [1.165, 1.54) is 25.1 Å². The molecule has 0 spiro atoms. The average Bonchev–Trinajstić information content (AvgIpc) is 3.07. The SMILES string of the molecule is Cc1c(-c2cccc(S(=O)(=O)N(C)C)c2)c2ccc(C(=O)N(C)C)cc2n1C/C(F)=C/CNCl. The molecule has 2 aromatic carbocycles. The van der Waals surface area contributed by atoms with Crippen LogP contribution >= 0.6 is 11.8 Å². The van der Waals surface area contributed by atoms with Crippen LogP contribution in [0.2, 0.25) is 0 Å². The molecule has 0 radical (unpaired) electrons. The molecule has 0 saturated carbocycles. The van der Waals surface area contributed by atoms with Gasteiger partial charge in [-0.3, -0.25) is 4.79 Å². The molecule has 1 heterocycles. The van der Waals surface area contributed by atoms with Crippen LogP contribution in [0.1, 0.15) is 16.1 Å². The van der Waals surface area contributed by atoms with E-state index in [2.05, 4.69) is 4.84 Å². The zero-order valence-corrected chi connectivity index (χ0v) is 21.3. The average molecular weight is 507 g/mol. The molecule has 0 aliphatic heterocycles. The molecule has 1 amide bonds. The summed E-state index contributed by atoms with van der Waals surface area (Å²) in [4.78, 5) is 16.6. The third kappa shape index (κ3) is 5.02. The number of sulfonamides is 1. The Balaban J connectivity index is 2.27. The Morgan fingerprint density at radius 2 is 1.85 bits per heavy atom. The number of carbonyl (C=O) groups excluding carboxylic acids is 1. The Morgan fingerprint density at radius 3 is 2.47 bits per heavy atom. The van der Waals surface area contributed by atoms with Gasteiger partial charge in [0.1, 0.15) is 5.83 Å². The second-order valence-electron chi connectivity index (χ2n) is 8.28. The molecule has 0 bridgehead atoms. The number of carbonyl (C=O) groups is 1. The third-order valence-corrected chi connectivity index (χ3v) is 7.55. The van der Waals surface area contributed by atoms with Crippen molar-refractivity contribution in [2.75, 3.05) is 34.7 Å². The van der Waals surface area contributed by atoms with Gasteiger partial charge in [-0.25, -0.2) is 21.9 Å². The van der Waals surface area contributed by atoms with Crippen LogP contribution in [-0.4, -0.2) is 62.8 Å². The summed E-state index contributed by atoms with van der Waals surface area (Å²) in [5, 5.41) is 0.787. The topological polar surface area (TPSA) is 74.7 Å². The fraction of sp³-hybridized carbons (Fsp3) is 0.292. The number of fused-ring (bicyclic) bond motifs is 1. The highest BCUT2D eigenvalue weighted by Crippen LogP contribution is 2.37. The molecule has 0 saturated heterocycles. The van der Waals surface area contributed by atoms with Gasteiger partial charge in [0.05, 0.1) is 17.0 Å². The molecule has 0 atom stereocenters. The molecular formula is C24H28ClFN4O3S. The zero-order chi connectivity index (χ0) is 25.2. The van der Waals surface area contributed by atoms with Crippen molar-refractivity contribution < 1.29 is 17.6 Å². The van der Waals surface area contributed by atoms with E-state index in [9.17, 15) is 17.6 Å². The molecule has 0 unspecified atom stereocenters. The lowest BCUT2D eigenvalue weighted by atomic mass is 10.0. The van der Waals surface area contributed by atoms with Gasteiger partial charge in [-0.1, -0.05) is 18.2 Å². The van der Waals surface area contributed by atoms with Crippen molar-refractivity contribution in [1.29, 1.82) is 0 Å². The number of hydrogen-bond donors (Lipinski definition) is 1. The Morgan fingerprint density at radius 1 is 1.15 bits per heavy atom. The van der Waals surface area contributed by atoms with Crippen molar-refractivity contribution in [3.05, 3.63) is 65.6 Å². The van der Waals surface area contributed by atoms with Gasteiger partial charge >= 0.3 is 0 Å². The van der Waals surface area contributed by atoms with Crippen molar-refractivity contribution in [3.63, 3.8) is 0 Å². The van der Waals surface area contributed by atoms with E-state index in [0.29, 0.717) is 16.6 Å². The molecule has 34 heavy (non-hydrogen) atoms. The zero-order valence-electron chi connectivity index (χ0n) is 19.8. The van der Waals surface area contributed by atoms with E-state index in [1.807, 2.05) is 19.1 Å². The minimum Gasteiger partial charge on any atom is -0.345 e. The molecule has 3 rings (SSSR count). The van der Waals surface area contributed by atoms with Gasteiger partial charge in [0.15, 0.2) is 0 Å². The molecule has 182 valence electrons. The van der Waals surface area contributed by atoms with Crippen molar-refractivity contribution >= 4 is 38.6 Å². The summed E-state index contributed by atoms with van der Waals surface area (Å²) in [5.74, 6) is -0.566. The highest BCUT2D eigenvalue weighted by Gasteiger charge is 2.22. The lowest BCUT2D eigenvalue weighted by Crippen LogP contribution is -2.22. The Bertz CT molecular complexity index is 1360. The number of allylic oxidation sites excluding steroid dienone is 1. The number of halogens is 2. The van der Waals surface area contributed by atoms with Crippen molar-refractivity contribution in [1.82, 2.24) is 18.6 Å². The van der Waals surface area contributed by atoms with E-state index in [4.69, 9.17) is 11.8 Å². The van der Waals surface area contributed by atoms with Gasteiger partial charge in [0.25, 0.3) is 5.91 Å². The normalized spacial score (nSPS) is 12.5. The third-order valence-electron chi connectivity index (χ3n) is 5.59. The fourth-order valence-electron chi connectivity index (χ4n) is 3.82. The predicted molar refractivity (Wildman–Crippen MR) is 134 cm³/mol. The van der Waals surface area contributed by atoms with Gasteiger partial charge in [-0.05, 0) is 54.6 Å². The Labute approximate surface area is 204 Å². The van der Waals surface area contributed by atoms with E-state index in [-0.39, 0.29) is 23.9 Å². The molecule has 0 aliphatic carbocycles. The fourth-order valence-corrected chi connectivity index (χ4v) is 4.85. The number of aromatic nitrogens is 1. The first-order valence-corrected chi connectivity index (χ1v) is 12.4. The Kier molecular flexibility index (Phi) is 7.82. The first-order valence-electron chi connectivity index (χ1n) is 10.5. The highest BCUT2D eigenvalue weighted by atomic mass is 35.5. The summed E-state index contributed by atoms with van der Waals surface area (Å²) in [6.45, 7) is 1.95. The van der Waals surface area contributed by atoms with Crippen molar-refractivity contribution in [2.45, 2.75) is 18.4 Å². The van der Waals surface area contributed by atoms with E-state index < -0.39 is 15.9 Å². The number of amides is 1. The summed E-state index contributed by atoms with van der Waals surface area (Å²) in [7, 11) is 2.66. The maximum atomic E-state index is 14.7. The summed E-state index contributed by atoms with van der Waals surface area (Å²) in [6.07, 6.45) is 1.34. The van der Waals surface area contributed by atoms with Crippen molar-refractivity contribution in [2.24, 2.45) is 0 Å². The van der Waals surface area contributed by atoms with Crippen molar-refractivity contribution in [3.8, 4) is 11.1 Å². The minimum absolute atomic E-state index is 0.0593. The molecule has 1 aromatic heterocycles. The summed E-state index contributed by atoms with van der Waals surface area (Å²) >= 11 is 5.46. The van der Waals surface area contributed by atoms with Gasteiger partial charge < -0.3 is 9.47 Å². The largest absolute Gasteiger partial charge is 0.345 e. The summed E-state index contributed by atoms with van der Waals surface area (Å²) < 4.78 is 43.0. The van der Waals surface area contributed by atoms with Gasteiger partial charge in [-0.2, -0.15) is 0 Å². The quantitative estimate of drug-likeness (QED) is 0.465. The monoisotopic (exact) mass is 506 g/mol.